The van der Waals surface area contributed by atoms with E-state index in [2.05, 4.69) is 23.7 Å². The molecule has 4 nitrogen and oxygen atoms in total. The molecule has 0 atom stereocenters. The van der Waals surface area contributed by atoms with Crippen molar-refractivity contribution in [3.8, 4) is 27.6 Å². The molecule has 0 bridgehead atoms. The van der Waals surface area contributed by atoms with E-state index in [0.717, 1.165) is 55.2 Å². The van der Waals surface area contributed by atoms with E-state index in [-0.39, 0.29) is 17.9 Å². The molecule has 0 radical (unpaired) electrons. The van der Waals surface area contributed by atoms with Crippen molar-refractivity contribution in [2.75, 3.05) is 26.2 Å². The van der Waals surface area contributed by atoms with Gasteiger partial charge < -0.3 is 15.1 Å². The molecule has 0 saturated heterocycles. The minimum absolute atomic E-state index is 0. The van der Waals surface area contributed by atoms with Gasteiger partial charge in [-0.25, -0.2) is 4.98 Å². The maximum Gasteiger partial charge on any atom is 0.416 e. The van der Waals surface area contributed by atoms with Crippen LogP contribution in [-0.2, 0) is 6.18 Å². The van der Waals surface area contributed by atoms with Gasteiger partial charge in [-0.3, -0.25) is 0 Å². The minimum Gasteiger partial charge on any atom is -0.494 e. The summed E-state index contributed by atoms with van der Waals surface area (Å²) in [6.45, 7) is 8.52. The summed E-state index contributed by atoms with van der Waals surface area (Å²) in [5.74, 6) is 0.829. The molecular weight excluding hydrogens is 509 g/mol. The topological polar surface area (TPSA) is 56.9 Å². The van der Waals surface area contributed by atoms with Gasteiger partial charge in [0.2, 0.25) is 0 Å². The number of aromatic nitrogens is 1. The van der Waals surface area contributed by atoms with Gasteiger partial charge in [-0.1, -0.05) is 38.8 Å². The molecule has 36 heavy (non-hydrogen) atoms. The quantitative estimate of drug-likeness (QED) is 0.207. The van der Waals surface area contributed by atoms with Crippen LogP contribution in [0.15, 0.2) is 53.9 Å². The predicted molar refractivity (Wildman–Crippen MR) is 145 cm³/mol. The third kappa shape index (κ3) is 9.73. The molecular formula is C27H36ClF3N2O2S. The number of unbranched alkanes of at least 4 members (excludes halogenated alkanes) is 2. The standard InChI is InChI=1S/C27H33F3N2OS.ClH.H2O/c1-3-5-16-32(17-6-4-2)18-7-19-33-24-14-10-21(11-15-24)25-20-34-26(31-25)22-8-12-23(13-9-22)27(28,29)30;;/h8-15,20H,3-7,16-19H2,1-2H3;1H;1H2. The van der Waals surface area contributed by atoms with E-state index in [1.165, 1.54) is 49.2 Å². The van der Waals surface area contributed by atoms with Crippen LogP contribution in [0.25, 0.3) is 21.8 Å². The van der Waals surface area contributed by atoms with Crippen molar-refractivity contribution in [1.82, 2.24) is 9.88 Å². The average molecular weight is 545 g/mol. The molecule has 3 aromatic rings. The van der Waals surface area contributed by atoms with Crippen LogP contribution < -0.4 is 4.74 Å². The van der Waals surface area contributed by atoms with Crippen molar-refractivity contribution in [1.29, 1.82) is 0 Å². The molecule has 0 unspecified atom stereocenters. The van der Waals surface area contributed by atoms with Crippen LogP contribution in [0.3, 0.4) is 0 Å². The van der Waals surface area contributed by atoms with Crippen molar-refractivity contribution in [3.05, 3.63) is 59.5 Å². The van der Waals surface area contributed by atoms with Crippen molar-refractivity contribution in [2.24, 2.45) is 0 Å². The van der Waals surface area contributed by atoms with Crippen molar-refractivity contribution < 1.29 is 23.4 Å². The van der Waals surface area contributed by atoms with Gasteiger partial charge in [0.05, 0.1) is 17.9 Å². The summed E-state index contributed by atoms with van der Waals surface area (Å²) < 4.78 is 44.3. The Morgan fingerprint density at radius 3 is 1.94 bits per heavy atom. The first-order valence-corrected chi connectivity index (χ1v) is 12.9. The highest BCUT2D eigenvalue weighted by molar-refractivity contribution is 7.13. The summed E-state index contributed by atoms with van der Waals surface area (Å²) >= 11 is 1.42. The highest BCUT2D eigenvalue weighted by Crippen LogP contribution is 2.33. The lowest BCUT2D eigenvalue weighted by Gasteiger charge is -2.21. The molecule has 0 aliphatic rings. The molecule has 1 heterocycles. The fourth-order valence-corrected chi connectivity index (χ4v) is 4.47. The average Bonchev–Trinajstić information content (AvgIpc) is 3.33. The summed E-state index contributed by atoms with van der Waals surface area (Å²) in [5.41, 5.74) is 1.77. The maximum absolute atomic E-state index is 12.8. The third-order valence-electron chi connectivity index (χ3n) is 5.66. The number of benzene rings is 2. The van der Waals surface area contributed by atoms with Crippen molar-refractivity contribution in [3.63, 3.8) is 0 Å². The molecule has 2 aromatic carbocycles. The smallest absolute Gasteiger partial charge is 0.416 e. The Balaban J connectivity index is 0.00000324. The lowest BCUT2D eigenvalue weighted by Crippen LogP contribution is -2.28. The Kier molecular flexibility index (Phi) is 14.1. The van der Waals surface area contributed by atoms with Gasteiger partial charge in [0.25, 0.3) is 0 Å². The molecule has 0 spiro atoms. The highest BCUT2D eigenvalue weighted by Gasteiger charge is 2.30. The van der Waals surface area contributed by atoms with Crippen LogP contribution in [-0.4, -0.2) is 41.6 Å². The van der Waals surface area contributed by atoms with Crippen LogP contribution in [0.4, 0.5) is 13.2 Å². The molecule has 2 N–H and O–H groups in total. The van der Waals surface area contributed by atoms with E-state index in [1.807, 2.05) is 29.6 Å². The van der Waals surface area contributed by atoms with E-state index in [0.29, 0.717) is 17.2 Å². The third-order valence-corrected chi connectivity index (χ3v) is 6.55. The zero-order valence-corrected chi connectivity index (χ0v) is 22.4. The van der Waals surface area contributed by atoms with Crippen molar-refractivity contribution in [2.45, 2.75) is 52.1 Å². The number of hydrogen-bond donors (Lipinski definition) is 0. The molecule has 0 fully saturated rings. The monoisotopic (exact) mass is 544 g/mol. The molecule has 0 aliphatic carbocycles. The summed E-state index contributed by atoms with van der Waals surface area (Å²) in [5, 5.41) is 2.61. The van der Waals surface area contributed by atoms with Crippen LogP contribution in [0.5, 0.6) is 5.75 Å². The zero-order valence-electron chi connectivity index (χ0n) is 20.8. The molecule has 200 valence electrons. The second-order valence-electron chi connectivity index (χ2n) is 8.39. The van der Waals surface area contributed by atoms with Crippen LogP contribution in [0.1, 0.15) is 51.5 Å². The van der Waals surface area contributed by atoms with Gasteiger partial charge in [0.1, 0.15) is 10.8 Å². The van der Waals surface area contributed by atoms with E-state index < -0.39 is 11.7 Å². The molecule has 0 aliphatic heterocycles. The van der Waals surface area contributed by atoms with Gasteiger partial charge in [0, 0.05) is 23.1 Å². The first-order valence-electron chi connectivity index (χ1n) is 12.0. The largest absolute Gasteiger partial charge is 0.494 e. The summed E-state index contributed by atoms with van der Waals surface area (Å²) in [6.07, 6.45) is 1.58. The van der Waals surface area contributed by atoms with Gasteiger partial charge in [-0.15, -0.1) is 23.7 Å². The van der Waals surface area contributed by atoms with Gasteiger partial charge in [-0.05, 0) is 68.8 Å². The zero-order chi connectivity index (χ0) is 24.4. The van der Waals surface area contributed by atoms with Gasteiger partial charge in [0.15, 0.2) is 0 Å². The number of thiazole rings is 1. The fourth-order valence-electron chi connectivity index (χ4n) is 3.64. The van der Waals surface area contributed by atoms with E-state index >= 15 is 0 Å². The van der Waals surface area contributed by atoms with E-state index in [9.17, 15) is 13.2 Å². The highest BCUT2D eigenvalue weighted by atomic mass is 35.5. The van der Waals surface area contributed by atoms with Crippen LogP contribution in [0.2, 0.25) is 0 Å². The number of alkyl halides is 3. The van der Waals surface area contributed by atoms with E-state index in [1.54, 1.807) is 0 Å². The van der Waals surface area contributed by atoms with E-state index in [4.69, 9.17) is 4.74 Å². The Hall–Kier alpha value is -2.13. The van der Waals surface area contributed by atoms with Gasteiger partial charge in [-0.2, -0.15) is 13.2 Å². The summed E-state index contributed by atoms with van der Waals surface area (Å²) in [7, 11) is 0. The molecule has 0 saturated carbocycles. The lowest BCUT2D eigenvalue weighted by molar-refractivity contribution is -0.137. The Morgan fingerprint density at radius 1 is 0.833 bits per heavy atom. The second kappa shape index (κ2) is 15.9. The fraction of sp³-hybridized carbons (Fsp3) is 0.444. The molecule has 9 heteroatoms. The number of halogens is 4. The summed E-state index contributed by atoms with van der Waals surface area (Å²) in [6, 6.07) is 12.9. The number of hydrogen-bond acceptors (Lipinski definition) is 4. The Bertz CT molecular complexity index is 988. The van der Waals surface area contributed by atoms with Crippen molar-refractivity contribution >= 4 is 23.7 Å². The Labute approximate surface area is 222 Å². The SMILES string of the molecule is CCCCN(CCCC)CCCOc1ccc(-c2csc(-c3ccc(C(F)(F)F)cc3)n2)cc1.Cl.O. The molecule has 3 rings (SSSR count). The van der Waals surface area contributed by atoms with Crippen LogP contribution in [0, 0.1) is 0 Å². The minimum atomic E-state index is -4.33. The molecule has 1 aromatic heterocycles. The maximum atomic E-state index is 12.8. The number of rotatable bonds is 13. The Morgan fingerprint density at radius 2 is 1.39 bits per heavy atom. The lowest BCUT2D eigenvalue weighted by atomic mass is 10.1. The number of nitrogens with zero attached hydrogens (tertiary/aromatic N) is 2. The summed E-state index contributed by atoms with van der Waals surface area (Å²) in [4.78, 5) is 7.14. The van der Waals surface area contributed by atoms with Crippen LogP contribution >= 0.6 is 23.7 Å². The normalized spacial score (nSPS) is 11.2. The molecule has 0 amide bonds. The first-order chi connectivity index (χ1) is 16.4. The predicted octanol–water partition coefficient (Wildman–Crippen LogP) is 7.76. The second-order valence-corrected chi connectivity index (χ2v) is 9.25. The van der Waals surface area contributed by atoms with Gasteiger partial charge >= 0.3 is 6.18 Å². The number of ether oxygens (including phenoxy) is 1. The first kappa shape index (κ1) is 31.9.